The maximum absolute atomic E-state index is 12.2. The Kier molecular flexibility index (Phi) is 5.80. The molecule has 1 saturated heterocycles. The Balaban J connectivity index is 1.66. The summed E-state index contributed by atoms with van der Waals surface area (Å²) in [4.78, 5) is 25.8. The monoisotopic (exact) mass is 372 g/mol. The predicted molar refractivity (Wildman–Crippen MR) is 98.8 cm³/mol. The van der Waals surface area contributed by atoms with Crippen LogP contribution in [0.5, 0.6) is 5.75 Å². The minimum atomic E-state index is -2.88. The second kappa shape index (κ2) is 8.44. The molecule has 2 amide bonds. The number of para-hydroxylation sites is 2. The Morgan fingerprint density at radius 2 is 1.89 bits per heavy atom. The van der Waals surface area contributed by atoms with Crippen LogP contribution >= 0.6 is 0 Å². The fraction of sp³-hybridized carbons (Fsp3) is 0.200. The van der Waals surface area contributed by atoms with Crippen LogP contribution in [-0.4, -0.2) is 25.0 Å². The highest BCUT2D eigenvalue weighted by Crippen LogP contribution is 2.29. The molecule has 1 N–H and O–H groups in total. The number of nitrogens with zero attached hydrogens (tertiary/aromatic N) is 1. The van der Waals surface area contributed by atoms with E-state index in [4.69, 9.17) is 0 Å². The second-order valence-corrected chi connectivity index (χ2v) is 5.94. The minimum Gasteiger partial charge on any atom is -0.435 e. The van der Waals surface area contributed by atoms with Crippen LogP contribution in [-0.2, 0) is 9.59 Å². The lowest BCUT2D eigenvalue weighted by Crippen LogP contribution is -2.25. The number of halogens is 2. The van der Waals surface area contributed by atoms with E-state index < -0.39 is 6.61 Å². The number of benzene rings is 2. The van der Waals surface area contributed by atoms with Crippen LogP contribution in [0.4, 0.5) is 20.2 Å². The summed E-state index contributed by atoms with van der Waals surface area (Å²) >= 11 is 0. The van der Waals surface area contributed by atoms with Gasteiger partial charge in [0, 0.05) is 19.0 Å². The van der Waals surface area contributed by atoms with Gasteiger partial charge < -0.3 is 15.0 Å². The number of ether oxygens (including phenoxy) is 1. The second-order valence-electron chi connectivity index (χ2n) is 5.94. The maximum Gasteiger partial charge on any atom is 0.387 e. The van der Waals surface area contributed by atoms with Crippen molar-refractivity contribution >= 4 is 29.3 Å². The lowest BCUT2D eigenvalue weighted by molar-refractivity contribution is -0.117. The van der Waals surface area contributed by atoms with Crippen molar-refractivity contribution in [2.75, 3.05) is 16.8 Å². The molecule has 0 bridgehead atoms. The molecule has 3 rings (SSSR count). The smallest absolute Gasteiger partial charge is 0.387 e. The maximum atomic E-state index is 12.2. The first kappa shape index (κ1) is 18.6. The summed E-state index contributed by atoms with van der Waals surface area (Å²) in [6, 6.07) is 13.1. The van der Waals surface area contributed by atoms with Crippen LogP contribution in [0.25, 0.3) is 6.08 Å². The van der Waals surface area contributed by atoms with Crippen molar-refractivity contribution in [2.45, 2.75) is 19.5 Å². The van der Waals surface area contributed by atoms with E-state index in [0.717, 1.165) is 6.42 Å². The van der Waals surface area contributed by atoms with E-state index in [-0.39, 0.29) is 17.6 Å². The molecule has 0 unspecified atom stereocenters. The number of carbonyl (C=O) groups excluding carboxylic acids is 2. The highest BCUT2D eigenvalue weighted by atomic mass is 19.3. The van der Waals surface area contributed by atoms with E-state index in [1.165, 1.54) is 18.2 Å². The standard InChI is InChI=1S/C20H18F2N2O3/c21-20(22)27-15-10-7-14(8-11-15)9-12-18(25)23-16-4-1-2-5-17(16)24-13-3-6-19(24)26/h1-2,4-5,7-12,20H,3,6,13H2,(H,23,25). The SMILES string of the molecule is O=C(C=Cc1ccc(OC(F)F)cc1)Nc1ccccc1N1CCCC1=O. The fourth-order valence-electron chi connectivity index (χ4n) is 2.82. The Hall–Kier alpha value is -3.22. The van der Waals surface area contributed by atoms with Gasteiger partial charge in [-0.1, -0.05) is 24.3 Å². The number of nitrogens with one attached hydrogen (secondary N) is 1. The van der Waals surface area contributed by atoms with Gasteiger partial charge in [-0.05, 0) is 42.3 Å². The van der Waals surface area contributed by atoms with Crippen molar-refractivity contribution in [3.8, 4) is 5.75 Å². The number of hydrogen-bond acceptors (Lipinski definition) is 3. The minimum absolute atomic E-state index is 0.0401. The van der Waals surface area contributed by atoms with Crippen LogP contribution < -0.4 is 15.0 Å². The van der Waals surface area contributed by atoms with Crippen LogP contribution in [0.3, 0.4) is 0 Å². The topological polar surface area (TPSA) is 58.6 Å². The van der Waals surface area contributed by atoms with Crippen molar-refractivity contribution in [3.63, 3.8) is 0 Å². The molecule has 0 saturated carbocycles. The molecular weight excluding hydrogens is 354 g/mol. The van der Waals surface area contributed by atoms with E-state index in [0.29, 0.717) is 29.9 Å². The fourth-order valence-corrected chi connectivity index (χ4v) is 2.82. The third kappa shape index (κ3) is 4.91. The molecule has 1 heterocycles. The quantitative estimate of drug-likeness (QED) is 0.778. The molecule has 140 valence electrons. The first-order valence-electron chi connectivity index (χ1n) is 8.46. The van der Waals surface area contributed by atoms with Gasteiger partial charge in [-0.3, -0.25) is 9.59 Å². The van der Waals surface area contributed by atoms with Gasteiger partial charge in [-0.25, -0.2) is 0 Å². The highest BCUT2D eigenvalue weighted by Gasteiger charge is 2.23. The third-order valence-electron chi connectivity index (χ3n) is 4.06. The van der Waals surface area contributed by atoms with Crippen LogP contribution in [0.15, 0.2) is 54.6 Å². The number of amides is 2. The molecular formula is C20H18F2N2O3. The van der Waals surface area contributed by atoms with Crippen LogP contribution in [0.1, 0.15) is 18.4 Å². The number of alkyl halides is 2. The van der Waals surface area contributed by atoms with Crippen LogP contribution in [0, 0.1) is 0 Å². The lowest BCUT2D eigenvalue weighted by atomic mass is 10.2. The van der Waals surface area contributed by atoms with Gasteiger partial charge in [-0.2, -0.15) is 8.78 Å². The molecule has 1 aliphatic rings. The molecule has 2 aromatic rings. The molecule has 1 aliphatic heterocycles. The Labute approximate surface area is 155 Å². The molecule has 1 fully saturated rings. The highest BCUT2D eigenvalue weighted by molar-refractivity contribution is 6.06. The van der Waals surface area contributed by atoms with Crippen molar-refractivity contribution in [2.24, 2.45) is 0 Å². The number of carbonyl (C=O) groups is 2. The predicted octanol–water partition coefficient (Wildman–Crippen LogP) is 4.07. The van der Waals surface area contributed by atoms with Gasteiger partial charge >= 0.3 is 6.61 Å². The summed E-state index contributed by atoms with van der Waals surface area (Å²) in [6.07, 6.45) is 4.20. The Bertz CT molecular complexity index is 851. The zero-order chi connectivity index (χ0) is 19.2. The van der Waals surface area contributed by atoms with Gasteiger partial charge in [0.1, 0.15) is 5.75 Å². The van der Waals surface area contributed by atoms with Crippen molar-refractivity contribution in [1.82, 2.24) is 0 Å². The normalized spacial score (nSPS) is 14.2. The van der Waals surface area contributed by atoms with E-state index in [9.17, 15) is 18.4 Å². The summed E-state index contributed by atoms with van der Waals surface area (Å²) in [7, 11) is 0. The van der Waals surface area contributed by atoms with Gasteiger partial charge in [0.15, 0.2) is 0 Å². The average Bonchev–Trinajstić information content (AvgIpc) is 3.07. The van der Waals surface area contributed by atoms with E-state index in [1.54, 1.807) is 41.3 Å². The molecule has 0 aromatic heterocycles. The summed E-state index contributed by atoms with van der Waals surface area (Å²) < 4.78 is 28.5. The summed E-state index contributed by atoms with van der Waals surface area (Å²) in [5.74, 6) is -0.267. The first-order valence-corrected chi connectivity index (χ1v) is 8.46. The van der Waals surface area contributed by atoms with Crippen molar-refractivity contribution in [3.05, 3.63) is 60.2 Å². The zero-order valence-electron chi connectivity index (χ0n) is 14.4. The Morgan fingerprint density at radius 1 is 1.15 bits per heavy atom. The molecule has 0 aliphatic carbocycles. The lowest BCUT2D eigenvalue weighted by Gasteiger charge is -2.19. The van der Waals surface area contributed by atoms with E-state index >= 15 is 0 Å². The number of hydrogen-bond donors (Lipinski definition) is 1. The molecule has 5 nitrogen and oxygen atoms in total. The molecule has 0 radical (unpaired) electrons. The molecule has 0 atom stereocenters. The van der Waals surface area contributed by atoms with Gasteiger partial charge in [-0.15, -0.1) is 0 Å². The summed E-state index contributed by atoms with van der Waals surface area (Å²) in [5, 5.41) is 2.77. The van der Waals surface area contributed by atoms with Crippen LogP contribution in [0.2, 0.25) is 0 Å². The molecule has 2 aromatic carbocycles. The zero-order valence-corrected chi connectivity index (χ0v) is 14.4. The van der Waals surface area contributed by atoms with Gasteiger partial charge in [0.25, 0.3) is 0 Å². The van der Waals surface area contributed by atoms with E-state index in [1.807, 2.05) is 6.07 Å². The molecule has 7 heteroatoms. The van der Waals surface area contributed by atoms with Gasteiger partial charge in [0.2, 0.25) is 11.8 Å². The van der Waals surface area contributed by atoms with E-state index in [2.05, 4.69) is 10.1 Å². The molecule has 27 heavy (non-hydrogen) atoms. The van der Waals surface area contributed by atoms with Crippen molar-refractivity contribution < 1.29 is 23.1 Å². The number of rotatable bonds is 6. The largest absolute Gasteiger partial charge is 0.435 e. The van der Waals surface area contributed by atoms with Gasteiger partial charge in [0.05, 0.1) is 11.4 Å². The third-order valence-corrected chi connectivity index (χ3v) is 4.06. The number of anilines is 2. The summed E-state index contributed by atoms with van der Waals surface area (Å²) in [6.45, 7) is -2.24. The molecule has 0 spiro atoms. The summed E-state index contributed by atoms with van der Waals surface area (Å²) in [5.41, 5.74) is 1.90. The first-order chi connectivity index (χ1) is 13.0. The van der Waals surface area contributed by atoms with Crippen molar-refractivity contribution in [1.29, 1.82) is 0 Å². The average molecular weight is 372 g/mol. The Morgan fingerprint density at radius 3 is 2.56 bits per heavy atom.